The first-order valence-electron chi connectivity index (χ1n) is 3.69. The molecule has 1 atom stereocenters. The molecule has 2 heteroatoms. The van der Waals surface area contributed by atoms with Gasteiger partial charge in [0.05, 0.1) is 0 Å². The molecule has 11 heavy (non-hydrogen) atoms. The van der Waals surface area contributed by atoms with E-state index in [2.05, 4.69) is 0 Å². The van der Waals surface area contributed by atoms with Crippen LogP contribution >= 0.6 is 0 Å². The van der Waals surface area contributed by atoms with Crippen LogP contribution in [0.4, 0.5) is 0 Å². The van der Waals surface area contributed by atoms with Gasteiger partial charge in [0, 0.05) is 22.0 Å². The standard InChI is InChI=1S/C7H8OS.C2H6/c1-9(8)7-5-3-2-4-6-7;1-2/h2-6H,1H3;1-2H3/t9-;/m1./s1. The zero-order chi connectivity index (χ0) is 8.69. The van der Waals surface area contributed by atoms with Gasteiger partial charge < -0.3 is 0 Å². The van der Waals surface area contributed by atoms with Gasteiger partial charge in [-0.1, -0.05) is 32.0 Å². The third kappa shape index (κ3) is 3.94. The highest BCUT2D eigenvalue weighted by Crippen LogP contribution is 2.01. The van der Waals surface area contributed by atoms with Crippen molar-refractivity contribution >= 4 is 10.8 Å². The van der Waals surface area contributed by atoms with Crippen LogP contribution in [0.5, 0.6) is 0 Å². The molecular formula is C9H14OS. The summed E-state index contributed by atoms with van der Waals surface area (Å²) >= 11 is 0. The first-order valence-corrected chi connectivity index (χ1v) is 5.25. The molecule has 1 nitrogen and oxygen atoms in total. The Hall–Kier alpha value is -0.630. The van der Waals surface area contributed by atoms with Crippen LogP contribution in [0, 0.1) is 0 Å². The molecule has 1 aromatic carbocycles. The highest BCUT2D eigenvalue weighted by Gasteiger charge is 1.90. The van der Waals surface area contributed by atoms with Crippen LogP contribution in [0.25, 0.3) is 0 Å². The van der Waals surface area contributed by atoms with E-state index in [4.69, 9.17) is 0 Å². The molecule has 0 spiro atoms. The molecule has 0 aromatic heterocycles. The first kappa shape index (κ1) is 10.4. The summed E-state index contributed by atoms with van der Waals surface area (Å²) < 4.78 is 10.8. The molecule has 0 aliphatic rings. The molecule has 0 unspecified atom stereocenters. The lowest BCUT2D eigenvalue weighted by Crippen LogP contribution is -1.83. The third-order valence-corrected chi connectivity index (χ3v) is 2.01. The Morgan fingerprint density at radius 1 is 1.09 bits per heavy atom. The largest absolute Gasteiger partial charge is 0.255 e. The van der Waals surface area contributed by atoms with Crippen LogP contribution in [-0.2, 0) is 10.8 Å². The number of benzene rings is 1. The summed E-state index contributed by atoms with van der Waals surface area (Å²) in [5, 5.41) is 0. The SMILES string of the molecule is CC.C[S@@](=O)c1ccccc1. The number of hydrogen-bond donors (Lipinski definition) is 0. The minimum atomic E-state index is -0.829. The fourth-order valence-electron chi connectivity index (χ4n) is 0.612. The predicted molar refractivity (Wildman–Crippen MR) is 50.1 cm³/mol. The van der Waals surface area contributed by atoms with Gasteiger partial charge in [-0.3, -0.25) is 4.21 Å². The maximum atomic E-state index is 10.8. The van der Waals surface area contributed by atoms with Crippen molar-refractivity contribution in [1.82, 2.24) is 0 Å². The minimum absolute atomic E-state index is 0.829. The summed E-state index contributed by atoms with van der Waals surface area (Å²) in [5.74, 6) is 0. The van der Waals surface area contributed by atoms with E-state index in [9.17, 15) is 4.21 Å². The monoisotopic (exact) mass is 170 g/mol. The van der Waals surface area contributed by atoms with E-state index in [0.29, 0.717) is 0 Å². The lowest BCUT2D eigenvalue weighted by molar-refractivity contribution is 0.687. The summed E-state index contributed by atoms with van der Waals surface area (Å²) in [6, 6.07) is 9.40. The van der Waals surface area contributed by atoms with Gasteiger partial charge in [0.2, 0.25) is 0 Å². The zero-order valence-corrected chi connectivity index (χ0v) is 8.02. The summed E-state index contributed by atoms with van der Waals surface area (Å²) in [5.41, 5.74) is 0. The van der Waals surface area contributed by atoms with E-state index in [1.165, 1.54) is 0 Å². The lowest BCUT2D eigenvalue weighted by Gasteiger charge is -1.90. The van der Waals surface area contributed by atoms with Crippen molar-refractivity contribution in [2.75, 3.05) is 6.26 Å². The van der Waals surface area contributed by atoms with Crippen molar-refractivity contribution in [3.8, 4) is 0 Å². The quantitative estimate of drug-likeness (QED) is 0.632. The molecule has 0 aliphatic carbocycles. The van der Waals surface area contributed by atoms with Gasteiger partial charge in [0.25, 0.3) is 0 Å². The lowest BCUT2D eigenvalue weighted by atomic mass is 10.4. The minimum Gasteiger partial charge on any atom is -0.255 e. The molecule has 0 bridgehead atoms. The van der Waals surface area contributed by atoms with Gasteiger partial charge >= 0.3 is 0 Å². The maximum absolute atomic E-state index is 10.8. The second kappa shape index (κ2) is 6.10. The van der Waals surface area contributed by atoms with E-state index in [-0.39, 0.29) is 0 Å². The molecule has 0 radical (unpaired) electrons. The highest BCUT2D eigenvalue weighted by atomic mass is 32.2. The van der Waals surface area contributed by atoms with Crippen molar-refractivity contribution in [2.24, 2.45) is 0 Å². The second-order valence-electron chi connectivity index (χ2n) is 1.77. The molecule has 0 amide bonds. The van der Waals surface area contributed by atoms with Crippen molar-refractivity contribution in [2.45, 2.75) is 18.7 Å². The van der Waals surface area contributed by atoms with Gasteiger partial charge in [-0.2, -0.15) is 0 Å². The average Bonchev–Trinajstić information content (AvgIpc) is 2.10. The van der Waals surface area contributed by atoms with Crippen molar-refractivity contribution in [1.29, 1.82) is 0 Å². The van der Waals surface area contributed by atoms with Crippen LogP contribution in [0.3, 0.4) is 0 Å². The topological polar surface area (TPSA) is 17.1 Å². The molecule has 1 rings (SSSR count). The van der Waals surface area contributed by atoms with Crippen LogP contribution in [-0.4, -0.2) is 10.5 Å². The van der Waals surface area contributed by atoms with Crippen LogP contribution in [0.2, 0.25) is 0 Å². The van der Waals surface area contributed by atoms with Crippen molar-refractivity contribution < 1.29 is 4.21 Å². The fraction of sp³-hybridized carbons (Fsp3) is 0.333. The molecular weight excluding hydrogens is 156 g/mol. The Labute approximate surface area is 70.9 Å². The molecule has 0 N–H and O–H groups in total. The summed E-state index contributed by atoms with van der Waals surface area (Å²) in [4.78, 5) is 0.887. The second-order valence-corrected chi connectivity index (χ2v) is 3.15. The Bertz CT molecular complexity index is 206. The van der Waals surface area contributed by atoms with Gasteiger partial charge in [-0.25, -0.2) is 0 Å². The first-order chi connectivity index (χ1) is 5.30. The van der Waals surface area contributed by atoms with Crippen molar-refractivity contribution in [3.63, 3.8) is 0 Å². The third-order valence-electron chi connectivity index (χ3n) is 1.08. The highest BCUT2D eigenvalue weighted by molar-refractivity contribution is 7.84. The van der Waals surface area contributed by atoms with Gasteiger partial charge in [-0.15, -0.1) is 0 Å². The summed E-state index contributed by atoms with van der Waals surface area (Å²) in [7, 11) is -0.829. The van der Waals surface area contributed by atoms with Crippen molar-refractivity contribution in [3.05, 3.63) is 30.3 Å². The van der Waals surface area contributed by atoms with E-state index >= 15 is 0 Å². The molecule has 0 fully saturated rings. The summed E-state index contributed by atoms with van der Waals surface area (Å²) in [6.45, 7) is 4.00. The van der Waals surface area contributed by atoms with Gasteiger partial charge in [0.15, 0.2) is 0 Å². The molecule has 0 saturated heterocycles. The molecule has 0 heterocycles. The normalized spacial score (nSPS) is 11.2. The maximum Gasteiger partial charge on any atom is 0.0498 e. The molecule has 62 valence electrons. The Morgan fingerprint density at radius 3 is 1.82 bits per heavy atom. The fourth-order valence-corrected chi connectivity index (χ4v) is 1.15. The van der Waals surface area contributed by atoms with Gasteiger partial charge in [0.1, 0.15) is 0 Å². The average molecular weight is 170 g/mol. The van der Waals surface area contributed by atoms with Gasteiger partial charge in [-0.05, 0) is 12.1 Å². The van der Waals surface area contributed by atoms with Crippen LogP contribution < -0.4 is 0 Å². The summed E-state index contributed by atoms with van der Waals surface area (Å²) in [6.07, 6.45) is 1.68. The van der Waals surface area contributed by atoms with E-state index in [1.54, 1.807) is 6.26 Å². The molecule has 1 aromatic rings. The Morgan fingerprint density at radius 2 is 1.55 bits per heavy atom. The Kier molecular flexibility index (Phi) is 5.75. The number of rotatable bonds is 1. The van der Waals surface area contributed by atoms with E-state index in [0.717, 1.165) is 4.90 Å². The van der Waals surface area contributed by atoms with E-state index < -0.39 is 10.8 Å². The smallest absolute Gasteiger partial charge is 0.0498 e. The van der Waals surface area contributed by atoms with Crippen LogP contribution in [0.15, 0.2) is 35.2 Å². The number of hydrogen-bond acceptors (Lipinski definition) is 1. The predicted octanol–water partition coefficient (Wildman–Crippen LogP) is 2.45. The van der Waals surface area contributed by atoms with Crippen LogP contribution in [0.1, 0.15) is 13.8 Å². The molecule has 0 saturated carbocycles. The van der Waals surface area contributed by atoms with E-state index in [1.807, 2.05) is 44.2 Å². The molecule has 0 aliphatic heterocycles. The Balaban J connectivity index is 0.000000461. The zero-order valence-electron chi connectivity index (χ0n) is 7.20.